The van der Waals surface area contributed by atoms with Crippen LogP contribution in [0.3, 0.4) is 0 Å². The molecular weight excluding hydrogens is 318 g/mol. The molecule has 3 heterocycles. The van der Waals surface area contributed by atoms with Crippen LogP contribution in [0.2, 0.25) is 0 Å². The largest absolute Gasteiger partial charge is 0.492 e. The maximum absolute atomic E-state index is 12.5. The minimum atomic E-state index is -0.471. The molecule has 1 aromatic rings. The van der Waals surface area contributed by atoms with Gasteiger partial charge in [-0.25, -0.2) is 9.78 Å². The summed E-state index contributed by atoms with van der Waals surface area (Å²) in [6.45, 7) is 13.8. The number of carbonyl (C=O) groups is 1. The molecule has 25 heavy (non-hydrogen) atoms. The van der Waals surface area contributed by atoms with Gasteiger partial charge in [-0.15, -0.1) is 0 Å². The number of carbonyl (C=O) groups excluding carboxylic acids is 1. The van der Waals surface area contributed by atoms with E-state index < -0.39 is 5.60 Å². The van der Waals surface area contributed by atoms with Crippen LogP contribution in [-0.4, -0.2) is 53.4 Å². The molecule has 1 unspecified atom stereocenters. The number of fused-ring (bicyclic) bond motifs is 3. The van der Waals surface area contributed by atoms with Crippen LogP contribution in [0.1, 0.15) is 45.9 Å². The molecule has 0 aliphatic carbocycles. The Balaban J connectivity index is 1.80. The highest BCUT2D eigenvalue weighted by Crippen LogP contribution is 2.38. The van der Waals surface area contributed by atoms with Crippen LogP contribution >= 0.6 is 0 Å². The van der Waals surface area contributed by atoms with Crippen molar-refractivity contribution in [2.75, 3.05) is 24.6 Å². The van der Waals surface area contributed by atoms with E-state index in [-0.39, 0.29) is 18.2 Å². The molecule has 0 radical (unpaired) electrons. The lowest BCUT2D eigenvalue weighted by Crippen LogP contribution is -2.58. The van der Waals surface area contributed by atoms with Gasteiger partial charge in [-0.2, -0.15) is 0 Å². The molecule has 1 fully saturated rings. The van der Waals surface area contributed by atoms with Crippen LogP contribution in [-0.2, 0) is 11.2 Å². The second-order valence-corrected chi connectivity index (χ2v) is 7.99. The van der Waals surface area contributed by atoms with Gasteiger partial charge in [0.25, 0.3) is 0 Å². The molecule has 0 N–H and O–H groups in total. The number of aryl methyl sites for hydroxylation is 1. The normalized spacial score (nSPS) is 22.5. The number of nitrogens with zero attached hydrogens (tertiary/aromatic N) is 3. The standard InChI is InChI=1S/C19H29N3O3/c1-7-24-16-9-14-8-15-11-21(18(23)25-19(4,5)6)10-12(2)22(15)17(14)20-13(16)3/h9,12,15H,7-8,10-11H2,1-6H3/t12-,15?/m1/s1. The molecule has 0 aromatic carbocycles. The van der Waals surface area contributed by atoms with Crippen molar-refractivity contribution in [3.8, 4) is 5.75 Å². The maximum atomic E-state index is 12.5. The van der Waals surface area contributed by atoms with Gasteiger partial charge in [0.1, 0.15) is 17.2 Å². The summed E-state index contributed by atoms with van der Waals surface area (Å²) in [5, 5.41) is 0. The summed E-state index contributed by atoms with van der Waals surface area (Å²) in [6.07, 6.45) is 0.654. The first-order chi connectivity index (χ1) is 11.7. The highest BCUT2D eigenvalue weighted by molar-refractivity contribution is 5.69. The van der Waals surface area contributed by atoms with E-state index >= 15 is 0 Å². The van der Waals surface area contributed by atoms with Crippen LogP contribution < -0.4 is 9.64 Å². The smallest absolute Gasteiger partial charge is 0.410 e. The predicted molar refractivity (Wildman–Crippen MR) is 97.4 cm³/mol. The van der Waals surface area contributed by atoms with E-state index in [0.29, 0.717) is 19.7 Å². The number of anilines is 1. The maximum Gasteiger partial charge on any atom is 0.410 e. The second-order valence-electron chi connectivity index (χ2n) is 7.99. The molecule has 0 bridgehead atoms. The Bertz CT molecular complexity index is 669. The molecule has 1 amide bonds. The van der Waals surface area contributed by atoms with Gasteiger partial charge in [-0.05, 0) is 54.0 Å². The Morgan fingerprint density at radius 3 is 2.72 bits per heavy atom. The summed E-state index contributed by atoms with van der Waals surface area (Å²) >= 11 is 0. The lowest BCUT2D eigenvalue weighted by molar-refractivity contribution is 0.0191. The number of rotatable bonds is 2. The van der Waals surface area contributed by atoms with E-state index in [9.17, 15) is 4.79 Å². The van der Waals surface area contributed by atoms with Crippen molar-refractivity contribution < 1.29 is 14.3 Å². The summed E-state index contributed by atoms with van der Waals surface area (Å²) in [7, 11) is 0. The molecule has 2 aliphatic heterocycles. The van der Waals surface area contributed by atoms with Crippen molar-refractivity contribution in [3.05, 3.63) is 17.3 Å². The molecule has 1 saturated heterocycles. The van der Waals surface area contributed by atoms with Crippen molar-refractivity contribution in [2.24, 2.45) is 0 Å². The van der Waals surface area contributed by atoms with Crippen LogP contribution in [0.4, 0.5) is 10.6 Å². The molecule has 1 aromatic heterocycles. The van der Waals surface area contributed by atoms with Gasteiger partial charge >= 0.3 is 6.09 Å². The van der Waals surface area contributed by atoms with Crippen LogP contribution in [0.15, 0.2) is 6.07 Å². The van der Waals surface area contributed by atoms with Crippen molar-refractivity contribution in [1.29, 1.82) is 0 Å². The van der Waals surface area contributed by atoms with Gasteiger partial charge in [-0.1, -0.05) is 0 Å². The van der Waals surface area contributed by atoms with Gasteiger partial charge in [0.2, 0.25) is 0 Å². The molecule has 6 heteroatoms. The van der Waals surface area contributed by atoms with Gasteiger partial charge in [0.15, 0.2) is 0 Å². The lowest BCUT2D eigenvalue weighted by Gasteiger charge is -2.43. The summed E-state index contributed by atoms with van der Waals surface area (Å²) < 4.78 is 11.2. The van der Waals surface area contributed by atoms with E-state index in [1.165, 1.54) is 5.56 Å². The number of aromatic nitrogens is 1. The Labute approximate surface area is 150 Å². The van der Waals surface area contributed by atoms with Crippen LogP contribution in [0.25, 0.3) is 0 Å². The minimum absolute atomic E-state index is 0.206. The van der Waals surface area contributed by atoms with Gasteiger partial charge in [0.05, 0.1) is 18.3 Å². The highest BCUT2D eigenvalue weighted by atomic mass is 16.6. The number of hydrogen-bond donors (Lipinski definition) is 0. The zero-order chi connectivity index (χ0) is 18.4. The topological polar surface area (TPSA) is 54.9 Å². The molecule has 3 rings (SSSR count). The average Bonchev–Trinajstić information content (AvgIpc) is 2.84. The summed E-state index contributed by atoms with van der Waals surface area (Å²) in [5.74, 6) is 1.90. The van der Waals surface area contributed by atoms with Gasteiger partial charge in [-0.3, -0.25) is 0 Å². The number of ether oxygens (including phenoxy) is 2. The molecule has 2 aliphatic rings. The summed E-state index contributed by atoms with van der Waals surface area (Å²) in [5.41, 5.74) is 1.65. The van der Waals surface area contributed by atoms with E-state index in [0.717, 1.165) is 23.7 Å². The third-order valence-electron chi connectivity index (χ3n) is 4.66. The fourth-order valence-electron chi connectivity index (χ4n) is 3.75. The zero-order valence-electron chi connectivity index (χ0n) is 16.1. The van der Waals surface area contributed by atoms with Gasteiger partial charge < -0.3 is 19.3 Å². The van der Waals surface area contributed by atoms with Crippen molar-refractivity contribution >= 4 is 11.9 Å². The third kappa shape index (κ3) is 3.53. The predicted octanol–water partition coefficient (Wildman–Crippen LogP) is 3.16. The van der Waals surface area contributed by atoms with Crippen molar-refractivity contribution in [3.63, 3.8) is 0 Å². The number of amides is 1. The molecule has 0 saturated carbocycles. The number of hydrogen-bond acceptors (Lipinski definition) is 5. The Hall–Kier alpha value is -1.98. The molecule has 2 atom stereocenters. The van der Waals surface area contributed by atoms with E-state index in [1.807, 2.05) is 39.5 Å². The highest BCUT2D eigenvalue weighted by Gasteiger charge is 2.41. The molecule has 138 valence electrons. The Morgan fingerprint density at radius 1 is 1.36 bits per heavy atom. The van der Waals surface area contributed by atoms with E-state index in [2.05, 4.69) is 17.9 Å². The second kappa shape index (κ2) is 6.39. The third-order valence-corrected chi connectivity index (χ3v) is 4.66. The van der Waals surface area contributed by atoms with E-state index in [1.54, 1.807) is 0 Å². The molecule has 0 spiro atoms. The van der Waals surface area contributed by atoms with E-state index in [4.69, 9.17) is 14.5 Å². The summed E-state index contributed by atoms with van der Waals surface area (Å²) in [6, 6.07) is 2.57. The molecular formula is C19H29N3O3. The number of pyridine rings is 1. The SMILES string of the molecule is CCOc1cc2c(nc1C)N1C(C2)CN(C(=O)OC(C)(C)C)C[C@H]1C. The lowest BCUT2D eigenvalue weighted by atomic mass is 10.1. The average molecular weight is 347 g/mol. The summed E-state index contributed by atoms with van der Waals surface area (Å²) in [4.78, 5) is 21.5. The quantitative estimate of drug-likeness (QED) is 0.822. The molecule has 6 nitrogen and oxygen atoms in total. The zero-order valence-corrected chi connectivity index (χ0v) is 16.1. The first kappa shape index (κ1) is 17.8. The minimum Gasteiger partial charge on any atom is -0.492 e. The monoisotopic (exact) mass is 347 g/mol. The van der Waals surface area contributed by atoms with Crippen molar-refractivity contribution in [1.82, 2.24) is 9.88 Å². The number of piperazine rings is 1. The Morgan fingerprint density at radius 2 is 2.08 bits per heavy atom. The Kier molecular flexibility index (Phi) is 4.56. The first-order valence-electron chi connectivity index (χ1n) is 9.09. The fourth-order valence-corrected chi connectivity index (χ4v) is 3.75. The first-order valence-corrected chi connectivity index (χ1v) is 9.09. The fraction of sp³-hybridized carbons (Fsp3) is 0.684. The van der Waals surface area contributed by atoms with Gasteiger partial charge in [0, 0.05) is 24.7 Å². The van der Waals surface area contributed by atoms with Crippen LogP contribution in [0, 0.1) is 6.92 Å². The van der Waals surface area contributed by atoms with Crippen LogP contribution in [0.5, 0.6) is 5.75 Å². The van der Waals surface area contributed by atoms with Crippen molar-refractivity contribution in [2.45, 2.75) is 65.6 Å².